The van der Waals surface area contributed by atoms with E-state index in [1.807, 2.05) is 29.2 Å². The van der Waals surface area contributed by atoms with Crippen molar-refractivity contribution in [1.29, 1.82) is 0 Å². The van der Waals surface area contributed by atoms with E-state index in [2.05, 4.69) is 31.3 Å². The van der Waals surface area contributed by atoms with Crippen molar-refractivity contribution in [2.45, 2.75) is 32.4 Å². The molecule has 0 aromatic heterocycles. The number of carbonyl (C=O) groups is 1. The monoisotopic (exact) mass is 322 g/mol. The molecule has 24 heavy (non-hydrogen) atoms. The maximum Gasteiger partial charge on any atom is 0.258 e. The van der Waals surface area contributed by atoms with E-state index in [0.29, 0.717) is 24.4 Å². The molecule has 4 nitrogen and oxygen atoms in total. The zero-order chi connectivity index (χ0) is 16.9. The summed E-state index contributed by atoms with van der Waals surface area (Å²) in [4.78, 5) is 15.0. The Balaban J connectivity index is 1.71. The van der Waals surface area contributed by atoms with E-state index in [1.54, 1.807) is 7.11 Å². The summed E-state index contributed by atoms with van der Waals surface area (Å²) < 4.78 is 5.51. The van der Waals surface area contributed by atoms with E-state index < -0.39 is 0 Å². The van der Waals surface area contributed by atoms with E-state index >= 15 is 0 Å². The molecule has 0 radical (unpaired) electrons. The molecule has 2 aromatic carbocycles. The number of amides is 1. The van der Waals surface area contributed by atoms with Crippen LogP contribution >= 0.6 is 0 Å². The van der Waals surface area contributed by atoms with Gasteiger partial charge in [0.15, 0.2) is 0 Å². The molecular weight excluding hydrogens is 300 g/mol. The highest BCUT2D eigenvalue weighted by molar-refractivity contribution is 5.98. The van der Waals surface area contributed by atoms with E-state index in [9.17, 15) is 4.79 Å². The lowest BCUT2D eigenvalue weighted by Crippen LogP contribution is -2.26. The first-order chi connectivity index (χ1) is 11.5. The van der Waals surface area contributed by atoms with Crippen LogP contribution in [-0.2, 0) is 18.5 Å². The van der Waals surface area contributed by atoms with Crippen molar-refractivity contribution in [3.8, 4) is 5.75 Å². The maximum atomic E-state index is 13.1. The third-order valence-corrected chi connectivity index (χ3v) is 5.15. The highest BCUT2D eigenvalue weighted by Gasteiger charge is 2.33. The van der Waals surface area contributed by atoms with Gasteiger partial charge < -0.3 is 15.0 Å². The van der Waals surface area contributed by atoms with Gasteiger partial charge in [0.1, 0.15) is 5.75 Å². The second-order valence-corrected chi connectivity index (χ2v) is 7.27. The lowest BCUT2D eigenvalue weighted by molar-refractivity contribution is 0.0748. The first-order valence-electron chi connectivity index (χ1n) is 8.32. The number of rotatable bonds is 2. The van der Waals surface area contributed by atoms with Crippen LogP contribution in [0.1, 0.15) is 40.9 Å². The Morgan fingerprint density at radius 2 is 1.83 bits per heavy atom. The van der Waals surface area contributed by atoms with Crippen molar-refractivity contribution in [3.05, 3.63) is 58.7 Å². The molecule has 0 aliphatic carbocycles. The van der Waals surface area contributed by atoms with Crippen LogP contribution in [0.25, 0.3) is 0 Å². The number of nitrogens with zero attached hydrogens (tertiary/aromatic N) is 1. The number of carbonyl (C=O) groups excluding carboxylic acids is 1. The van der Waals surface area contributed by atoms with Crippen LogP contribution in [0.3, 0.4) is 0 Å². The SMILES string of the molecule is COc1cc2c(cc1C(=O)N1Cc3ccccc3C1)C(C)(C)CN2. The summed E-state index contributed by atoms with van der Waals surface area (Å²) in [6, 6.07) is 12.2. The normalized spacial score (nSPS) is 17.2. The molecule has 0 saturated carbocycles. The predicted molar refractivity (Wildman–Crippen MR) is 94.5 cm³/mol. The molecule has 2 aliphatic heterocycles. The summed E-state index contributed by atoms with van der Waals surface area (Å²) >= 11 is 0. The minimum atomic E-state index is 0.0185. The highest BCUT2D eigenvalue weighted by Crippen LogP contribution is 2.40. The van der Waals surface area contributed by atoms with Crippen LogP contribution in [0, 0.1) is 0 Å². The molecular formula is C20H22N2O2. The minimum absolute atomic E-state index is 0.0185. The Hall–Kier alpha value is -2.49. The smallest absolute Gasteiger partial charge is 0.258 e. The summed E-state index contributed by atoms with van der Waals surface area (Å²) in [7, 11) is 1.62. The lowest BCUT2D eigenvalue weighted by atomic mass is 9.86. The number of hydrogen-bond donors (Lipinski definition) is 1. The Morgan fingerprint density at radius 3 is 2.46 bits per heavy atom. The van der Waals surface area contributed by atoms with Gasteiger partial charge in [-0.1, -0.05) is 38.1 Å². The maximum absolute atomic E-state index is 13.1. The van der Waals surface area contributed by atoms with Gasteiger partial charge >= 0.3 is 0 Å². The molecule has 0 fully saturated rings. The van der Waals surface area contributed by atoms with Crippen LogP contribution in [0.2, 0.25) is 0 Å². The fraction of sp³-hybridized carbons (Fsp3) is 0.350. The lowest BCUT2D eigenvalue weighted by Gasteiger charge is -2.21. The van der Waals surface area contributed by atoms with Crippen LogP contribution in [-0.4, -0.2) is 24.5 Å². The molecule has 0 atom stereocenters. The molecule has 2 heterocycles. The Morgan fingerprint density at radius 1 is 1.17 bits per heavy atom. The minimum Gasteiger partial charge on any atom is -0.496 e. The van der Waals surface area contributed by atoms with Crippen molar-refractivity contribution < 1.29 is 9.53 Å². The summed E-state index contributed by atoms with van der Waals surface area (Å²) in [5, 5.41) is 3.41. The predicted octanol–water partition coefficient (Wildman–Crippen LogP) is 3.55. The number of nitrogens with one attached hydrogen (secondary N) is 1. The number of anilines is 1. The molecule has 4 heteroatoms. The van der Waals surface area contributed by atoms with Crippen LogP contribution in [0.5, 0.6) is 5.75 Å². The van der Waals surface area contributed by atoms with Gasteiger partial charge in [-0.25, -0.2) is 0 Å². The van der Waals surface area contributed by atoms with Gasteiger partial charge in [0, 0.05) is 36.8 Å². The van der Waals surface area contributed by atoms with E-state index in [4.69, 9.17) is 4.74 Å². The van der Waals surface area contributed by atoms with E-state index in [-0.39, 0.29) is 11.3 Å². The van der Waals surface area contributed by atoms with E-state index in [0.717, 1.165) is 12.2 Å². The van der Waals surface area contributed by atoms with Crippen LogP contribution < -0.4 is 10.1 Å². The van der Waals surface area contributed by atoms with Crippen molar-refractivity contribution in [1.82, 2.24) is 4.90 Å². The zero-order valence-corrected chi connectivity index (χ0v) is 14.3. The van der Waals surface area contributed by atoms with Gasteiger partial charge in [-0.3, -0.25) is 4.79 Å². The third kappa shape index (κ3) is 2.25. The average Bonchev–Trinajstić information content (AvgIpc) is 3.14. The van der Waals surface area contributed by atoms with Gasteiger partial charge in [0.25, 0.3) is 5.91 Å². The molecule has 0 unspecified atom stereocenters. The van der Waals surface area contributed by atoms with Gasteiger partial charge in [0.05, 0.1) is 12.7 Å². The molecule has 1 N–H and O–H groups in total. The largest absolute Gasteiger partial charge is 0.496 e. The first-order valence-corrected chi connectivity index (χ1v) is 8.32. The molecule has 2 aromatic rings. The number of fused-ring (bicyclic) bond motifs is 2. The Labute approximate surface area is 142 Å². The van der Waals surface area contributed by atoms with Crippen LogP contribution in [0.15, 0.2) is 36.4 Å². The topological polar surface area (TPSA) is 41.6 Å². The molecule has 0 saturated heterocycles. The second-order valence-electron chi connectivity index (χ2n) is 7.27. The van der Waals surface area contributed by atoms with E-state index in [1.165, 1.54) is 16.7 Å². The fourth-order valence-corrected chi connectivity index (χ4v) is 3.68. The van der Waals surface area contributed by atoms with Crippen molar-refractivity contribution in [3.63, 3.8) is 0 Å². The Kier molecular flexibility index (Phi) is 3.30. The van der Waals surface area contributed by atoms with Gasteiger partial charge in [-0.15, -0.1) is 0 Å². The summed E-state index contributed by atoms with van der Waals surface area (Å²) in [6.45, 7) is 6.59. The summed E-state index contributed by atoms with van der Waals surface area (Å²) in [5.41, 5.74) is 5.38. The highest BCUT2D eigenvalue weighted by atomic mass is 16.5. The number of methoxy groups -OCH3 is 1. The molecule has 0 spiro atoms. The van der Waals surface area contributed by atoms with Crippen LogP contribution in [0.4, 0.5) is 5.69 Å². The average molecular weight is 322 g/mol. The molecule has 2 aliphatic rings. The van der Waals surface area contributed by atoms with Crippen molar-refractivity contribution in [2.75, 3.05) is 19.0 Å². The molecule has 0 bridgehead atoms. The van der Waals surface area contributed by atoms with Crippen molar-refractivity contribution >= 4 is 11.6 Å². The quantitative estimate of drug-likeness (QED) is 0.919. The summed E-state index contributed by atoms with van der Waals surface area (Å²) in [6.07, 6.45) is 0. The van der Waals surface area contributed by atoms with Gasteiger partial charge in [-0.2, -0.15) is 0 Å². The third-order valence-electron chi connectivity index (χ3n) is 5.15. The fourth-order valence-electron chi connectivity index (χ4n) is 3.68. The van der Waals surface area contributed by atoms with Gasteiger partial charge in [-0.05, 0) is 22.8 Å². The number of ether oxygens (including phenoxy) is 1. The van der Waals surface area contributed by atoms with Gasteiger partial charge in [0.2, 0.25) is 0 Å². The molecule has 1 amide bonds. The Bertz CT molecular complexity index is 801. The first kappa shape index (κ1) is 15.1. The molecule has 124 valence electrons. The number of benzene rings is 2. The number of hydrogen-bond acceptors (Lipinski definition) is 3. The summed E-state index contributed by atoms with van der Waals surface area (Å²) in [5.74, 6) is 0.674. The molecule has 4 rings (SSSR count). The second kappa shape index (κ2) is 5.26. The van der Waals surface area contributed by atoms with Crippen molar-refractivity contribution in [2.24, 2.45) is 0 Å². The standard InChI is InChI=1S/C20H22N2O2/c1-20(2)12-21-17-9-18(24-3)15(8-16(17)20)19(23)22-10-13-6-4-5-7-14(13)11-22/h4-9,21H,10-12H2,1-3H3. The zero-order valence-electron chi connectivity index (χ0n) is 14.3.